The van der Waals surface area contributed by atoms with Crippen LogP contribution in [0.15, 0.2) is 95.8 Å². The van der Waals surface area contributed by atoms with Crippen LogP contribution in [0.1, 0.15) is 0 Å². The molecule has 2 aliphatic rings. The number of hydrogen-bond donors (Lipinski definition) is 1. The molecule has 1 N–H and O–H groups in total. The first-order valence-electron chi connectivity index (χ1n) is 7.86. The molecule has 0 radical (unpaired) electrons. The van der Waals surface area contributed by atoms with Crippen molar-refractivity contribution < 1.29 is 0 Å². The SMILES string of the molecule is O=c1c(-c2ccccc2)c2cccccc-2n1Nc1ccccc1. The molecular formula is C21H16N2O. The summed E-state index contributed by atoms with van der Waals surface area (Å²) < 4.78 is 1.62. The fourth-order valence-electron chi connectivity index (χ4n) is 2.92. The van der Waals surface area contributed by atoms with E-state index in [0.717, 1.165) is 22.5 Å². The maximum atomic E-state index is 13.1. The topological polar surface area (TPSA) is 34.0 Å². The lowest BCUT2D eigenvalue weighted by atomic mass is 10.0. The fraction of sp³-hybridized carbons (Fsp3) is 0. The second kappa shape index (κ2) is 6.05. The Labute approximate surface area is 140 Å². The molecule has 3 heteroatoms. The van der Waals surface area contributed by atoms with Gasteiger partial charge in [-0.1, -0.05) is 72.8 Å². The van der Waals surface area contributed by atoms with Crippen molar-refractivity contribution in [1.82, 2.24) is 4.68 Å². The zero-order valence-corrected chi connectivity index (χ0v) is 13.0. The highest BCUT2D eigenvalue weighted by Gasteiger charge is 2.20. The minimum absolute atomic E-state index is 0.0498. The van der Waals surface area contributed by atoms with Crippen LogP contribution in [-0.4, -0.2) is 4.68 Å². The van der Waals surface area contributed by atoms with Gasteiger partial charge in [0.2, 0.25) is 0 Å². The molecule has 2 aromatic carbocycles. The van der Waals surface area contributed by atoms with Crippen molar-refractivity contribution >= 4 is 5.69 Å². The molecule has 3 nitrogen and oxygen atoms in total. The van der Waals surface area contributed by atoms with Crippen LogP contribution in [0.2, 0.25) is 0 Å². The van der Waals surface area contributed by atoms with Gasteiger partial charge in [0.15, 0.2) is 0 Å². The highest BCUT2D eigenvalue weighted by molar-refractivity contribution is 5.84. The van der Waals surface area contributed by atoms with E-state index in [-0.39, 0.29) is 5.56 Å². The van der Waals surface area contributed by atoms with Crippen molar-refractivity contribution in [3.05, 3.63) is 101 Å². The van der Waals surface area contributed by atoms with Gasteiger partial charge in [0.25, 0.3) is 5.56 Å². The maximum absolute atomic E-state index is 13.1. The molecule has 0 amide bonds. The summed E-state index contributed by atoms with van der Waals surface area (Å²) in [7, 11) is 0. The number of nitrogens with zero attached hydrogens (tertiary/aromatic N) is 1. The molecule has 1 aliphatic carbocycles. The van der Waals surface area contributed by atoms with Gasteiger partial charge in [-0.2, -0.15) is 0 Å². The van der Waals surface area contributed by atoms with Crippen LogP contribution in [-0.2, 0) is 0 Å². The third kappa shape index (κ3) is 2.46. The van der Waals surface area contributed by atoms with Crippen LogP contribution in [0, 0.1) is 0 Å². The van der Waals surface area contributed by atoms with Crippen molar-refractivity contribution in [2.24, 2.45) is 0 Å². The van der Waals surface area contributed by atoms with Crippen molar-refractivity contribution in [1.29, 1.82) is 0 Å². The Morgan fingerprint density at radius 1 is 0.667 bits per heavy atom. The molecule has 0 saturated carbocycles. The van der Waals surface area contributed by atoms with Gasteiger partial charge < -0.3 is 0 Å². The van der Waals surface area contributed by atoms with E-state index in [1.807, 2.05) is 91.0 Å². The molecule has 1 heterocycles. The van der Waals surface area contributed by atoms with Gasteiger partial charge in [-0.3, -0.25) is 10.2 Å². The van der Waals surface area contributed by atoms with E-state index in [9.17, 15) is 4.79 Å². The summed E-state index contributed by atoms with van der Waals surface area (Å²) in [6.45, 7) is 0. The fourth-order valence-corrected chi connectivity index (χ4v) is 2.92. The number of fused-ring (bicyclic) bond motifs is 1. The standard InChI is InChI=1S/C21H16N2O/c24-21-20(16-10-4-1-5-11-16)18-14-8-3-9-15-19(18)23(21)22-17-12-6-2-7-13-17/h1-15,22H. The van der Waals surface area contributed by atoms with Crippen LogP contribution in [0.5, 0.6) is 0 Å². The molecule has 0 bridgehead atoms. The van der Waals surface area contributed by atoms with E-state index < -0.39 is 0 Å². The van der Waals surface area contributed by atoms with Crippen molar-refractivity contribution in [3.63, 3.8) is 0 Å². The minimum atomic E-state index is -0.0498. The quantitative estimate of drug-likeness (QED) is 0.604. The molecular weight excluding hydrogens is 296 g/mol. The number of nitrogens with one attached hydrogen (secondary N) is 1. The zero-order valence-electron chi connectivity index (χ0n) is 13.0. The molecule has 0 fully saturated rings. The van der Waals surface area contributed by atoms with Crippen LogP contribution >= 0.6 is 0 Å². The Bertz CT molecular complexity index is 991. The summed E-state index contributed by atoms with van der Waals surface area (Å²) in [5, 5.41) is 0. The van der Waals surface area contributed by atoms with E-state index in [1.54, 1.807) is 4.68 Å². The normalized spacial score (nSPS) is 10.7. The number of anilines is 1. The largest absolute Gasteiger partial charge is 0.291 e. The molecule has 24 heavy (non-hydrogen) atoms. The second-order valence-electron chi connectivity index (χ2n) is 5.57. The van der Waals surface area contributed by atoms with Gasteiger partial charge in [0.05, 0.1) is 16.9 Å². The maximum Gasteiger partial charge on any atom is 0.278 e. The summed E-state index contributed by atoms with van der Waals surface area (Å²) >= 11 is 0. The van der Waals surface area contributed by atoms with E-state index >= 15 is 0 Å². The van der Waals surface area contributed by atoms with Gasteiger partial charge in [-0.05, 0) is 23.8 Å². The Hall–Kier alpha value is -3.33. The Kier molecular flexibility index (Phi) is 3.60. The van der Waals surface area contributed by atoms with E-state index in [4.69, 9.17) is 0 Å². The van der Waals surface area contributed by atoms with Gasteiger partial charge in [-0.25, -0.2) is 4.68 Å². The molecule has 0 atom stereocenters. The smallest absolute Gasteiger partial charge is 0.278 e. The lowest BCUT2D eigenvalue weighted by Gasteiger charge is -2.08. The van der Waals surface area contributed by atoms with Gasteiger partial charge >= 0.3 is 0 Å². The third-order valence-corrected chi connectivity index (χ3v) is 4.02. The van der Waals surface area contributed by atoms with Gasteiger partial charge in [0.1, 0.15) is 0 Å². The van der Waals surface area contributed by atoms with Gasteiger partial charge in [-0.15, -0.1) is 0 Å². The number of para-hydroxylation sites is 1. The zero-order chi connectivity index (χ0) is 16.4. The minimum Gasteiger partial charge on any atom is -0.291 e. The Morgan fingerprint density at radius 3 is 1.96 bits per heavy atom. The van der Waals surface area contributed by atoms with Crippen molar-refractivity contribution in [3.8, 4) is 22.4 Å². The Morgan fingerprint density at radius 2 is 1.25 bits per heavy atom. The van der Waals surface area contributed by atoms with Crippen molar-refractivity contribution in [2.75, 3.05) is 5.43 Å². The second-order valence-corrected chi connectivity index (χ2v) is 5.57. The summed E-state index contributed by atoms with van der Waals surface area (Å²) in [5.41, 5.74) is 7.47. The summed E-state index contributed by atoms with van der Waals surface area (Å²) in [4.78, 5) is 13.1. The van der Waals surface area contributed by atoms with E-state index in [0.29, 0.717) is 5.56 Å². The highest BCUT2D eigenvalue weighted by Crippen LogP contribution is 2.31. The average Bonchev–Trinajstić information content (AvgIpc) is 2.79. The lowest BCUT2D eigenvalue weighted by Crippen LogP contribution is -2.23. The van der Waals surface area contributed by atoms with E-state index in [1.165, 1.54) is 0 Å². The average molecular weight is 312 g/mol. The van der Waals surface area contributed by atoms with Crippen LogP contribution in [0.25, 0.3) is 22.4 Å². The predicted molar refractivity (Wildman–Crippen MR) is 98.2 cm³/mol. The first kappa shape index (κ1) is 14.3. The molecule has 1 aliphatic heterocycles. The molecule has 2 aromatic rings. The lowest BCUT2D eigenvalue weighted by molar-refractivity contribution is 0.940. The molecule has 0 unspecified atom stereocenters. The van der Waals surface area contributed by atoms with Crippen LogP contribution in [0.4, 0.5) is 5.69 Å². The number of aromatic nitrogens is 1. The highest BCUT2D eigenvalue weighted by atomic mass is 16.1. The molecule has 0 aromatic heterocycles. The third-order valence-electron chi connectivity index (χ3n) is 4.02. The summed E-state index contributed by atoms with van der Waals surface area (Å²) in [6, 6.07) is 29.3. The van der Waals surface area contributed by atoms with Crippen molar-refractivity contribution in [2.45, 2.75) is 0 Å². The summed E-state index contributed by atoms with van der Waals surface area (Å²) in [5.74, 6) is 0. The van der Waals surface area contributed by atoms with Crippen LogP contribution < -0.4 is 11.0 Å². The van der Waals surface area contributed by atoms with Crippen LogP contribution in [0.3, 0.4) is 0 Å². The molecule has 4 rings (SSSR count). The molecule has 0 saturated heterocycles. The number of hydrogen-bond acceptors (Lipinski definition) is 2. The first-order chi connectivity index (χ1) is 11.8. The predicted octanol–water partition coefficient (Wildman–Crippen LogP) is 4.50. The monoisotopic (exact) mass is 312 g/mol. The number of rotatable bonds is 3. The molecule has 116 valence electrons. The van der Waals surface area contributed by atoms with Gasteiger partial charge in [0, 0.05) is 5.56 Å². The molecule has 0 spiro atoms. The number of benzene rings is 2. The first-order valence-corrected chi connectivity index (χ1v) is 7.86. The summed E-state index contributed by atoms with van der Waals surface area (Å²) in [6.07, 6.45) is 0. The Balaban J connectivity index is 1.95. The van der Waals surface area contributed by atoms with E-state index in [2.05, 4.69) is 5.43 Å².